The molecule has 0 aliphatic carbocycles. The molecule has 0 aliphatic heterocycles. The van der Waals surface area contributed by atoms with Gasteiger partial charge in [-0.3, -0.25) is 4.79 Å². The summed E-state index contributed by atoms with van der Waals surface area (Å²) in [6.45, 7) is 0.224. The maximum absolute atomic E-state index is 11.8. The molecule has 1 aromatic heterocycles. The van der Waals surface area contributed by atoms with Crippen molar-refractivity contribution in [3.05, 3.63) is 39.7 Å². The number of nitrogen functional groups attached to an aromatic ring is 1. The zero-order valence-corrected chi connectivity index (χ0v) is 14.0. The van der Waals surface area contributed by atoms with E-state index in [1.807, 2.05) is 12.1 Å². The Morgan fingerprint density at radius 2 is 2.10 bits per heavy atom. The van der Waals surface area contributed by atoms with Crippen molar-refractivity contribution >= 4 is 49.3 Å². The molecular formula is C13H12Br2N4O2. The first-order chi connectivity index (χ1) is 10.1. The molecule has 0 saturated carbocycles. The zero-order valence-electron chi connectivity index (χ0n) is 10.8. The molecule has 1 heterocycles. The van der Waals surface area contributed by atoms with Gasteiger partial charge in [0.25, 0.3) is 0 Å². The molecule has 2 aromatic rings. The van der Waals surface area contributed by atoms with E-state index in [1.54, 1.807) is 12.1 Å². The van der Waals surface area contributed by atoms with Gasteiger partial charge in [-0.2, -0.15) is 0 Å². The molecule has 21 heavy (non-hydrogen) atoms. The first kappa shape index (κ1) is 15.7. The van der Waals surface area contributed by atoms with Crippen LogP contribution in [0.5, 0.6) is 5.75 Å². The summed E-state index contributed by atoms with van der Waals surface area (Å²) in [6, 6.07) is 7.13. The second-order valence-corrected chi connectivity index (χ2v) is 5.58. The molecular weight excluding hydrogens is 404 g/mol. The van der Waals surface area contributed by atoms with Crippen LogP contribution < -0.4 is 15.8 Å². The number of nitrogens with one attached hydrogen (secondary N) is 1. The number of ether oxygens (including phenoxy) is 1. The Morgan fingerprint density at radius 3 is 2.81 bits per heavy atom. The third-order valence-electron chi connectivity index (χ3n) is 2.46. The third-order valence-corrected chi connectivity index (χ3v) is 3.40. The third kappa shape index (κ3) is 4.68. The first-order valence-corrected chi connectivity index (χ1v) is 7.60. The molecule has 8 heteroatoms. The molecule has 1 amide bonds. The minimum absolute atomic E-state index is 0.179. The second-order valence-electron chi connectivity index (χ2n) is 4.02. The Hall–Kier alpha value is -1.67. The topological polar surface area (TPSA) is 90.1 Å². The number of anilines is 2. The van der Waals surface area contributed by atoms with Gasteiger partial charge >= 0.3 is 0 Å². The molecule has 0 bridgehead atoms. The summed E-state index contributed by atoms with van der Waals surface area (Å²) in [5.41, 5.74) is 6.28. The molecule has 6 nitrogen and oxygen atoms in total. The van der Waals surface area contributed by atoms with Crippen molar-refractivity contribution in [3.8, 4) is 5.75 Å². The van der Waals surface area contributed by atoms with Crippen LogP contribution in [0.25, 0.3) is 0 Å². The standard InChI is InChI=1S/C13H12Br2N4O2/c14-10-7-17-13(12(15)18-10)19-11(20)5-6-21-9-4-2-1-3-8(9)16/h1-4,7H,5-6,16H2,(H,17,19,20). The fourth-order valence-corrected chi connectivity index (χ4v) is 2.40. The van der Waals surface area contributed by atoms with E-state index >= 15 is 0 Å². The molecule has 0 spiro atoms. The molecule has 110 valence electrons. The Balaban J connectivity index is 1.84. The highest BCUT2D eigenvalue weighted by molar-refractivity contribution is 9.11. The summed E-state index contributed by atoms with van der Waals surface area (Å²) in [7, 11) is 0. The normalized spacial score (nSPS) is 10.2. The highest BCUT2D eigenvalue weighted by Crippen LogP contribution is 2.21. The van der Waals surface area contributed by atoms with E-state index in [0.29, 0.717) is 26.5 Å². The molecule has 1 aromatic carbocycles. The van der Waals surface area contributed by atoms with Crippen molar-refractivity contribution in [3.63, 3.8) is 0 Å². The van der Waals surface area contributed by atoms with Gasteiger partial charge in [-0.25, -0.2) is 9.97 Å². The van der Waals surface area contributed by atoms with Crippen LogP contribution >= 0.6 is 31.9 Å². The van der Waals surface area contributed by atoms with E-state index in [1.165, 1.54) is 6.20 Å². The van der Waals surface area contributed by atoms with Crippen molar-refractivity contribution < 1.29 is 9.53 Å². The largest absolute Gasteiger partial charge is 0.491 e. The van der Waals surface area contributed by atoms with Crippen LogP contribution in [0.2, 0.25) is 0 Å². The molecule has 0 unspecified atom stereocenters. The van der Waals surface area contributed by atoms with Crippen molar-refractivity contribution in [2.45, 2.75) is 6.42 Å². The van der Waals surface area contributed by atoms with Gasteiger partial charge in [0.2, 0.25) is 5.91 Å². The highest BCUT2D eigenvalue weighted by Gasteiger charge is 2.09. The summed E-state index contributed by atoms with van der Waals surface area (Å²) < 4.78 is 6.49. The van der Waals surface area contributed by atoms with Crippen LogP contribution in [0.15, 0.2) is 39.7 Å². The van der Waals surface area contributed by atoms with Gasteiger partial charge in [0.15, 0.2) is 5.82 Å². The molecule has 0 atom stereocenters. The van der Waals surface area contributed by atoms with Gasteiger partial charge in [-0.15, -0.1) is 0 Å². The number of benzene rings is 1. The maximum atomic E-state index is 11.8. The predicted octanol–water partition coefficient (Wildman–Crippen LogP) is 2.99. The van der Waals surface area contributed by atoms with Gasteiger partial charge in [0.05, 0.1) is 24.9 Å². The van der Waals surface area contributed by atoms with Gasteiger partial charge < -0.3 is 15.8 Å². The van der Waals surface area contributed by atoms with Crippen molar-refractivity contribution in [1.29, 1.82) is 0 Å². The average Bonchev–Trinajstić information content (AvgIpc) is 2.44. The number of nitrogens with zero attached hydrogens (tertiary/aromatic N) is 2. The smallest absolute Gasteiger partial charge is 0.229 e. The number of aromatic nitrogens is 2. The van der Waals surface area contributed by atoms with Gasteiger partial charge in [0, 0.05) is 0 Å². The summed E-state index contributed by atoms with van der Waals surface area (Å²) in [4.78, 5) is 19.9. The lowest BCUT2D eigenvalue weighted by Crippen LogP contribution is -2.16. The zero-order chi connectivity index (χ0) is 15.2. The minimum atomic E-state index is -0.221. The summed E-state index contributed by atoms with van der Waals surface area (Å²) in [5.74, 6) is 0.708. The molecule has 0 saturated heterocycles. The monoisotopic (exact) mass is 414 g/mol. The Morgan fingerprint density at radius 1 is 1.33 bits per heavy atom. The van der Waals surface area contributed by atoms with E-state index < -0.39 is 0 Å². The van der Waals surface area contributed by atoms with Crippen LogP contribution in [0.4, 0.5) is 11.5 Å². The number of hydrogen-bond donors (Lipinski definition) is 2. The van der Waals surface area contributed by atoms with Crippen molar-refractivity contribution in [1.82, 2.24) is 9.97 Å². The number of para-hydroxylation sites is 2. The SMILES string of the molecule is Nc1ccccc1OCCC(=O)Nc1ncc(Br)nc1Br. The number of nitrogens with two attached hydrogens (primary N) is 1. The number of halogens is 2. The molecule has 0 aliphatic rings. The molecule has 2 rings (SSSR count). The van der Waals surface area contributed by atoms with E-state index in [9.17, 15) is 4.79 Å². The second kappa shape index (κ2) is 7.37. The summed E-state index contributed by atoms with van der Waals surface area (Å²) >= 11 is 6.41. The fraction of sp³-hybridized carbons (Fsp3) is 0.154. The van der Waals surface area contributed by atoms with E-state index in [-0.39, 0.29) is 18.9 Å². The number of carbonyl (C=O) groups excluding carboxylic acids is 1. The van der Waals surface area contributed by atoms with E-state index in [2.05, 4.69) is 47.1 Å². The molecule has 0 radical (unpaired) electrons. The quantitative estimate of drug-likeness (QED) is 0.732. The van der Waals surface area contributed by atoms with Crippen molar-refractivity contribution in [2.24, 2.45) is 0 Å². The Labute approximate surface area is 138 Å². The van der Waals surface area contributed by atoms with Crippen LogP contribution in [0.3, 0.4) is 0 Å². The summed E-state index contributed by atoms with van der Waals surface area (Å²) in [5, 5.41) is 2.65. The molecule has 0 fully saturated rings. The van der Waals surface area contributed by atoms with Gasteiger partial charge in [0.1, 0.15) is 15.0 Å². The predicted molar refractivity (Wildman–Crippen MR) is 87.0 cm³/mol. The number of hydrogen-bond acceptors (Lipinski definition) is 5. The van der Waals surface area contributed by atoms with Gasteiger partial charge in [-0.05, 0) is 44.0 Å². The number of rotatable bonds is 5. The Kier molecular flexibility index (Phi) is 5.51. The lowest BCUT2D eigenvalue weighted by atomic mass is 10.3. The molecule has 3 N–H and O–H groups in total. The lowest BCUT2D eigenvalue weighted by Gasteiger charge is -2.09. The van der Waals surface area contributed by atoms with Crippen LogP contribution in [0.1, 0.15) is 6.42 Å². The minimum Gasteiger partial charge on any atom is -0.491 e. The lowest BCUT2D eigenvalue weighted by molar-refractivity contribution is -0.116. The fourth-order valence-electron chi connectivity index (χ4n) is 1.49. The van der Waals surface area contributed by atoms with Crippen LogP contribution in [-0.4, -0.2) is 22.5 Å². The highest BCUT2D eigenvalue weighted by atomic mass is 79.9. The Bertz CT molecular complexity index is 652. The van der Waals surface area contributed by atoms with Crippen LogP contribution in [-0.2, 0) is 4.79 Å². The van der Waals surface area contributed by atoms with Gasteiger partial charge in [-0.1, -0.05) is 12.1 Å². The number of carbonyl (C=O) groups is 1. The number of amides is 1. The maximum Gasteiger partial charge on any atom is 0.229 e. The first-order valence-electron chi connectivity index (χ1n) is 6.01. The van der Waals surface area contributed by atoms with E-state index in [4.69, 9.17) is 10.5 Å². The average molecular weight is 416 g/mol. The van der Waals surface area contributed by atoms with Crippen molar-refractivity contribution in [2.75, 3.05) is 17.7 Å². The summed E-state index contributed by atoms with van der Waals surface area (Å²) in [6.07, 6.45) is 1.68. The van der Waals surface area contributed by atoms with Crippen LogP contribution in [0, 0.1) is 0 Å². The van der Waals surface area contributed by atoms with E-state index in [0.717, 1.165) is 0 Å².